The van der Waals surface area contributed by atoms with Gasteiger partial charge in [0.25, 0.3) is 0 Å². The van der Waals surface area contributed by atoms with Gasteiger partial charge in [0, 0.05) is 11.6 Å². The number of benzene rings is 1. The van der Waals surface area contributed by atoms with Crippen molar-refractivity contribution in [1.82, 2.24) is 14.8 Å². The largest absolute Gasteiger partial charge is 0.324 e. The highest BCUT2D eigenvalue weighted by Crippen LogP contribution is 2.27. The molecule has 0 spiro atoms. The van der Waals surface area contributed by atoms with Crippen LogP contribution >= 0.6 is 35.0 Å². The van der Waals surface area contributed by atoms with E-state index in [0.717, 1.165) is 6.54 Å². The van der Waals surface area contributed by atoms with E-state index in [1.807, 2.05) is 11.5 Å². The van der Waals surface area contributed by atoms with Crippen molar-refractivity contribution in [3.63, 3.8) is 0 Å². The maximum absolute atomic E-state index is 12.2. The van der Waals surface area contributed by atoms with Gasteiger partial charge in [0.15, 0.2) is 5.16 Å². The number of carbonyl (C=O) groups excluding carboxylic acids is 1. The van der Waals surface area contributed by atoms with Gasteiger partial charge in [0.1, 0.15) is 6.33 Å². The van der Waals surface area contributed by atoms with Gasteiger partial charge in [-0.3, -0.25) is 4.79 Å². The molecule has 1 N–H and O–H groups in total. The van der Waals surface area contributed by atoms with E-state index in [2.05, 4.69) is 15.5 Å². The molecule has 1 aromatic carbocycles. The Labute approximate surface area is 137 Å². The van der Waals surface area contributed by atoms with Crippen molar-refractivity contribution < 1.29 is 4.79 Å². The van der Waals surface area contributed by atoms with Gasteiger partial charge in [-0.05, 0) is 32.0 Å². The van der Waals surface area contributed by atoms with E-state index >= 15 is 0 Å². The summed E-state index contributed by atoms with van der Waals surface area (Å²) in [7, 11) is 0. The van der Waals surface area contributed by atoms with E-state index in [1.54, 1.807) is 31.5 Å². The third kappa shape index (κ3) is 4.12. The van der Waals surface area contributed by atoms with Gasteiger partial charge in [-0.15, -0.1) is 10.2 Å². The maximum atomic E-state index is 12.2. The van der Waals surface area contributed by atoms with Crippen molar-refractivity contribution in [1.29, 1.82) is 0 Å². The van der Waals surface area contributed by atoms with E-state index in [0.29, 0.717) is 20.9 Å². The molecule has 112 valence electrons. The molecule has 0 aliphatic rings. The number of hydrogen-bond donors (Lipinski definition) is 1. The number of aromatic nitrogens is 3. The first kappa shape index (κ1) is 16.1. The number of rotatable bonds is 5. The zero-order chi connectivity index (χ0) is 15.4. The van der Waals surface area contributed by atoms with Gasteiger partial charge in [0.2, 0.25) is 5.91 Å². The second-order valence-electron chi connectivity index (χ2n) is 4.27. The molecule has 0 bridgehead atoms. The average molecular weight is 345 g/mol. The van der Waals surface area contributed by atoms with Crippen LogP contribution in [0.3, 0.4) is 0 Å². The van der Waals surface area contributed by atoms with Crippen LogP contribution in [0.2, 0.25) is 10.0 Å². The van der Waals surface area contributed by atoms with Gasteiger partial charge in [-0.2, -0.15) is 0 Å². The monoisotopic (exact) mass is 344 g/mol. The number of halogens is 2. The van der Waals surface area contributed by atoms with Crippen molar-refractivity contribution in [2.24, 2.45) is 0 Å². The SMILES string of the molecule is CCn1cnnc1S[C@@H](C)C(=O)Nc1ccc(Cl)cc1Cl. The number of aryl methyl sites for hydroxylation is 1. The predicted octanol–water partition coefficient (Wildman–Crippen LogP) is 3.72. The quantitative estimate of drug-likeness (QED) is 0.839. The number of thioether (sulfide) groups is 1. The second kappa shape index (κ2) is 7.15. The van der Waals surface area contributed by atoms with Gasteiger partial charge >= 0.3 is 0 Å². The first-order valence-electron chi connectivity index (χ1n) is 6.31. The molecule has 0 saturated carbocycles. The molecule has 5 nitrogen and oxygen atoms in total. The summed E-state index contributed by atoms with van der Waals surface area (Å²) in [5, 5.41) is 11.9. The summed E-state index contributed by atoms with van der Waals surface area (Å²) < 4.78 is 1.88. The van der Waals surface area contributed by atoms with Gasteiger partial charge in [-0.1, -0.05) is 35.0 Å². The molecule has 2 aromatic rings. The summed E-state index contributed by atoms with van der Waals surface area (Å²) in [4.78, 5) is 12.2. The van der Waals surface area contributed by atoms with Crippen molar-refractivity contribution in [2.45, 2.75) is 30.8 Å². The Kier molecular flexibility index (Phi) is 5.50. The van der Waals surface area contributed by atoms with Crippen LogP contribution < -0.4 is 5.32 Å². The highest BCUT2D eigenvalue weighted by molar-refractivity contribution is 8.00. The van der Waals surface area contributed by atoms with Crippen molar-refractivity contribution >= 4 is 46.6 Å². The molecule has 0 saturated heterocycles. The number of carbonyl (C=O) groups is 1. The Morgan fingerprint density at radius 3 is 2.90 bits per heavy atom. The van der Waals surface area contributed by atoms with Crippen LogP contribution in [0, 0.1) is 0 Å². The number of hydrogen-bond acceptors (Lipinski definition) is 4. The minimum absolute atomic E-state index is 0.158. The van der Waals surface area contributed by atoms with Crippen molar-refractivity contribution in [3.8, 4) is 0 Å². The third-order valence-corrected chi connectivity index (χ3v) is 4.40. The molecule has 0 radical (unpaired) electrons. The molecular formula is C13H14Cl2N4OS. The Morgan fingerprint density at radius 2 is 2.24 bits per heavy atom. The number of nitrogens with zero attached hydrogens (tertiary/aromatic N) is 3. The lowest BCUT2D eigenvalue weighted by atomic mass is 10.3. The fourth-order valence-electron chi connectivity index (χ4n) is 1.59. The first-order valence-corrected chi connectivity index (χ1v) is 7.95. The summed E-state index contributed by atoms with van der Waals surface area (Å²) >= 11 is 13.2. The van der Waals surface area contributed by atoms with Crippen LogP contribution in [-0.4, -0.2) is 25.9 Å². The fraction of sp³-hybridized carbons (Fsp3) is 0.308. The van der Waals surface area contributed by atoms with E-state index in [4.69, 9.17) is 23.2 Å². The lowest BCUT2D eigenvalue weighted by molar-refractivity contribution is -0.115. The zero-order valence-corrected chi connectivity index (χ0v) is 13.8. The average Bonchev–Trinajstić information content (AvgIpc) is 2.89. The Morgan fingerprint density at radius 1 is 1.48 bits per heavy atom. The molecule has 21 heavy (non-hydrogen) atoms. The molecule has 8 heteroatoms. The van der Waals surface area contributed by atoms with Crippen LogP contribution in [0.4, 0.5) is 5.69 Å². The van der Waals surface area contributed by atoms with E-state index in [1.165, 1.54) is 11.8 Å². The molecule has 1 aromatic heterocycles. The number of anilines is 1. The molecular weight excluding hydrogens is 331 g/mol. The Bertz CT molecular complexity index is 647. The zero-order valence-electron chi connectivity index (χ0n) is 11.5. The van der Waals surface area contributed by atoms with Crippen LogP contribution in [0.1, 0.15) is 13.8 Å². The predicted molar refractivity (Wildman–Crippen MR) is 86.1 cm³/mol. The van der Waals surface area contributed by atoms with E-state index in [-0.39, 0.29) is 11.2 Å². The lowest BCUT2D eigenvalue weighted by Gasteiger charge is -2.12. The molecule has 1 atom stereocenters. The number of amides is 1. The maximum Gasteiger partial charge on any atom is 0.237 e. The lowest BCUT2D eigenvalue weighted by Crippen LogP contribution is -2.23. The second-order valence-corrected chi connectivity index (χ2v) is 6.42. The first-order chi connectivity index (χ1) is 10.0. The van der Waals surface area contributed by atoms with Crippen LogP contribution in [0.25, 0.3) is 0 Å². The summed E-state index contributed by atoms with van der Waals surface area (Å²) in [6, 6.07) is 4.94. The standard InChI is InChI=1S/C13H14Cl2N4OS/c1-3-19-7-16-18-13(19)21-8(2)12(20)17-11-5-4-9(14)6-10(11)15/h4-8H,3H2,1-2H3,(H,17,20)/t8-/m0/s1. The molecule has 1 heterocycles. The molecule has 1 amide bonds. The third-order valence-electron chi connectivity index (χ3n) is 2.76. The van der Waals surface area contributed by atoms with E-state index < -0.39 is 0 Å². The number of nitrogens with one attached hydrogen (secondary N) is 1. The minimum atomic E-state index is -0.328. The van der Waals surface area contributed by atoms with E-state index in [9.17, 15) is 4.79 Å². The van der Waals surface area contributed by atoms with Crippen LogP contribution in [0.15, 0.2) is 29.7 Å². The van der Waals surface area contributed by atoms with Crippen molar-refractivity contribution in [3.05, 3.63) is 34.6 Å². The van der Waals surface area contributed by atoms with Crippen molar-refractivity contribution in [2.75, 3.05) is 5.32 Å². The fourth-order valence-corrected chi connectivity index (χ4v) is 2.93. The minimum Gasteiger partial charge on any atom is -0.324 e. The smallest absolute Gasteiger partial charge is 0.237 e. The Hall–Kier alpha value is -1.24. The summed E-state index contributed by atoms with van der Waals surface area (Å²) in [6.07, 6.45) is 1.64. The van der Waals surface area contributed by atoms with Crippen LogP contribution in [-0.2, 0) is 11.3 Å². The molecule has 0 unspecified atom stereocenters. The highest BCUT2D eigenvalue weighted by atomic mass is 35.5. The van der Waals surface area contributed by atoms with Crippen LogP contribution in [0.5, 0.6) is 0 Å². The van der Waals surface area contributed by atoms with Gasteiger partial charge < -0.3 is 9.88 Å². The summed E-state index contributed by atoms with van der Waals surface area (Å²) in [5.41, 5.74) is 0.537. The molecule has 0 fully saturated rings. The topological polar surface area (TPSA) is 59.8 Å². The normalized spacial score (nSPS) is 12.2. The molecule has 0 aliphatic carbocycles. The Balaban J connectivity index is 2.02. The molecule has 0 aliphatic heterocycles. The highest BCUT2D eigenvalue weighted by Gasteiger charge is 2.18. The molecule has 2 rings (SSSR count). The summed E-state index contributed by atoms with van der Waals surface area (Å²) in [6.45, 7) is 4.55. The van der Waals surface area contributed by atoms with Gasteiger partial charge in [-0.25, -0.2) is 0 Å². The van der Waals surface area contributed by atoms with Gasteiger partial charge in [0.05, 0.1) is 16.0 Å². The summed E-state index contributed by atoms with van der Waals surface area (Å²) in [5.74, 6) is -0.158.